The average Bonchev–Trinajstić information content (AvgIpc) is 2.44. The Kier molecular flexibility index (Phi) is 4.14. The Balaban J connectivity index is 2.42. The summed E-state index contributed by atoms with van der Waals surface area (Å²) in [6, 6.07) is 8.60. The quantitative estimate of drug-likeness (QED) is 0.475. The third kappa shape index (κ3) is 2.92. The predicted octanol–water partition coefficient (Wildman–Crippen LogP) is 4.42. The molecule has 0 saturated heterocycles. The number of halogens is 1. The highest BCUT2D eigenvalue weighted by Gasteiger charge is 2.16. The van der Waals surface area contributed by atoms with Crippen molar-refractivity contribution in [1.82, 2.24) is 4.98 Å². The zero-order chi connectivity index (χ0) is 14.0. The van der Waals surface area contributed by atoms with E-state index in [9.17, 15) is 10.1 Å². The van der Waals surface area contributed by atoms with Crippen LogP contribution in [0.15, 0.2) is 30.3 Å². The Hall–Kier alpha value is -1.49. The molecule has 0 amide bonds. The lowest BCUT2D eigenvalue weighted by Gasteiger charge is -2.16. The van der Waals surface area contributed by atoms with Crippen molar-refractivity contribution < 1.29 is 4.92 Å². The number of alkyl halides is 1. The molecule has 0 aliphatic carbocycles. The van der Waals surface area contributed by atoms with Gasteiger partial charge in [-0.05, 0) is 18.6 Å². The van der Waals surface area contributed by atoms with Crippen LogP contribution in [0.2, 0.25) is 0 Å². The minimum absolute atomic E-state index is 0.0991. The molecule has 2 unspecified atom stereocenters. The Morgan fingerprint density at radius 2 is 2.11 bits per heavy atom. The van der Waals surface area contributed by atoms with Crippen LogP contribution in [0.1, 0.15) is 31.9 Å². The van der Waals surface area contributed by atoms with E-state index in [0.717, 1.165) is 23.0 Å². The van der Waals surface area contributed by atoms with Crippen molar-refractivity contribution in [3.8, 4) is 0 Å². The first-order valence-corrected chi connectivity index (χ1v) is 7.13. The Morgan fingerprint density at radius 3 is 2.74 bits per heavy atom. The molecule has 2 aromatic rings. The number of pyridine rings is 1. The van der Waals surface area contributed by atoms with E-state index in [2.05, 4.69) is 34.8 Å². The molecule has 0 fully saturated rings. The molecule has 0 N–H and O–H groups in total. The zero-order valence-corrected chi connectivity index (χ0v) is 12.4. The summed E-state index contributed by atoms with van der Waals surface area (Å²) < 4.78 is 0. The summed E-state index contributed by atoms with van der Waals surface area (Å²) in [5.41, 5.74) is 1.90. The first-order chi connectivity index (χ1) is 9.02. The van der Waals surface area contributed by atoms with Gasteiger partial charge in [-0.1, -0.05) is 35.8 Å². The molecule has 0 aliphatic heterocycles. The normalized spacial score (nSPS) is 14.3. The Labute approximate surface area is 120 Å². The van der Waals surface area contributed by atoms with E-state index in [0.29, 0.717) is 10.7 Å². The number of benzene rings is 1. The van der Waals surface area contributed by atoms with Crippen LogP contribution in [0.5, 0.6) is 0 Å². The number of non-ortho nitro benzene ring substituents is 1. The molecular formula is C14H15BrN2O2. The van der Waals surface area contributed by atoms with Gasteiger partial charge in [-0.2, -0.15) is 0 Å². The maximum absolute atomic E-state index is 10.7. The van der Waals surface area contributed by atoms with Crippen LogP contribution in [0.3, 0.4) is 0 Å². The van der Waals surface area contributed by atoms with Crippen molar-refractivity contribution >= 4 is 32.5 Å². The highest BCUT2D eigenvalue weighted by atomic mass is 79.9. The zero-order valence-electron chi connectivity index (χ0n) is 10.8. The van der Waals surface area contributed by atoms with Crippen LogP contribution in [0.4, 0.5) is 5.69 Å². The van der Waals surface area contributed by atoms with E-state index in [4.69, 9.17) is 0 Å². The molecule has 2 rings (SSSR count). The summed E-state index contributed by atoms with van der Waals surface area (Å²) >= 11 is 3.64. The first kappa shape index (κ1) is 13.9. The maximum atomic E-state index is 10.7. The van der Waals surface area contributed by atoms with Crippen molar-refractivity contribution in [2.75, 3.05) is 0 Å². The van der Waals surface area contributed by atoms with Crippen LogP contribution in [-0.2, 0) is 0 Å². The van der Waals surface area contributed by atoms with E-state index < -0.39 is 0 Å². The fourth-order valence-electron chi connectivity index (χ4n) is 2.03. The van der Waals surface area contributed by atoms with Crippen molar-refractivity contribution in [3.63, 3.8) is 0 Å². The summed E-state index contributed by atoms with van der Waals surface area (Å²) in [5, 5.41) is 11.5. The molecule has 0 saturated carbocycles. The third-order valence-electron chi connectivity index (χ3n) is 3.30. The molecule has 4 nitrogen and oxygen atoms in total. The monoisotopic (exact) mass is 322 g/mol. The number of hydrogen-bond donors (Lipinski definition) is 0. The van der Waals surface area contributed by atoms with E-state index in [1.54, 1.807) is 12.1 Å². The summed E-state index contributed by atoms with van der Waals surface area (Å²) in [4.78, 5) is 15.3. The van der Waals surface area contributed by atoms with Crippen LogP contribution >= 0.6 is 15.9 Å². The highest BCUT2D eigenvalue weighted by molar-refractivity contribution is 9.09. The van der Waals surface area contributed by atoms with Crippen LogP contribution < -0.4 is 0 Å². The van der Waals surface area contributed by atoms with Gasteiger partial charge in [0, 0.05) is 34.0 Å². The second-order valence-electron chi connectivity index (χ2n) is 4.58. The van der Waals surface area contributed by atoms with Gasteiger partial charge in [0.1, 0.15) is 0 Å². The molecule has 2 atom stereocenters. The fourth-order valence-corrected chi connectivity index (χ4v) is 2.31. The number of fused-ring (bicyclic) bond motifs is 1. The lowest BCUT2D eigenvalue weighted by atomic mass is 10.0. The van der Waals surface area contributed by atoms with Gasteiger partial charge in [0.15, 0.2) is 0 Å². The summed E-state index contributed by atoms with van der Waals surface area (Å²) in [5.74, 6) is 0.310. The third-order valence-corrected chi connectivity index (χ3v) is 4.74. The van der Waals surface area contributed by atoms with Gasteiger partial charge in [0.2, 0.25) is 0 Å². The van der Waals surface area contributed by atoms with Crippen molar-refractivity contribution in [2.24, 2.45) is 0 Å². The first-order valence-electron chi connectivity index (χ1n) is 6.22. The predicted molar refractivity (Wildman–Crippen MR) is 79.8 cm³/mol. The van der Waals surface area contributed by atoms with Gasteiger partial charge in [-0.25, -0.2) is 0 Å². The molecule has 5 heteroatoms. The summed E-state index contributed by atoms with van der Waals surface area (Å²) in [6.07, 6.45) is 1.03. The van der Waals surface area contributed by atoms with Gasteiger partial charge in [0.25, 0.3) is 5.69 Å². The number of aromatic nitrogens is 1. The lowest BCUT2D eigenvalue weighted by molar-refractivity contribution is -0.384. The molecule has 0 spiro atoms. The van der Waals surface area contributed by atoms with E-state index >= 15 is 0 Å². The second-order valence-corrected chi connectivity index (χ2v) is 5.76. The largest absolute Gasteiger partial charge is 0.270 e. The van der Waals surface area contributed by atoms with Gasteiger partial charge < -0.3 is 0 Å². The molecular weight excluding hydrogens is 308 g/mol. The van der Waals surface area contributed by atoms with Crippen LogP contribution in [0.25, 0.3) is 10.9 Å². The number of rotatable bonds is 4. The molecule has 0 radical (unpaired) electrons. The average molecular weight is 323 g/mol. The molecule has 1 aromatic heterocycles. The Bertz CT molecular complexity index is 615. The van der Waals surface area contributed by atoms with Gasteiger partial charge >= 0.3 is 0 Å². The van der Waals surface area contributed by atoms with Gasteiger partial charge in [-0.3, -0.25) is 15.1 Å². The van der Waals surface area contributed by atoms with E-state index in [-0.39, 0.29) is 10.6 Å². The van der Waals surface area contributed by atoms with Gasteiger partial charge in [0.05, 0.1) is 10.4 Å². The van der Waals surface area contributed by atoms with Crippen molar-refractivity contribution in [1.29, 1.82) is 0 Å². The smallest absolute Gasteiger partial charge is 0.258 e. The van der Waals surface area contributed by atoms with Crippen LogP contribution in [-0.4, -0.2) is 14.7 Å². The maximum Gasteiger partial charge on any atom is 0.270 e. The van der Waals surface area contributed by atoms with Gasteiger partial charge in [-0.15, -0.1) is 0 Å². The fraction of sp³-hybridized carbons (Fsp3) is 0.357. The molecule has 0 bridgehead atoms. The van der Waals surface area contributed by atoms with Crippen molar-refractivity contribution in [2.45, 2.75) is 31.0 Å². The standard InChI is InChI=1S/C14H15BrN2O2/c1-3-12(15)9(2)13-6-4-10-8-11(17(18)19)5-7-14(10)16-13/h4-9,12H,3H2,1-2H3. The number of hydrogen-bond acceptors (Lipinski definition) is 3. The molecule has 1 heterocycles. The minimum Gasteiger partial charge on any atom is -0.258 e. The SMILES string of the molecule is CCC(Br)C(C)c1ccc2cc([N+](=O)[O-])ccc2n1. The molecule has 0 aliphatic rings. The molecule has 19 heavy (non-hydrogen) atoms. The van der Waals surface area contributed by atoms with E-state index in [1.165, 1.54) is 6.07 Å². The Morgan fingerprint density at radius 1 is 1.37 bits per heavy atom. The highest BCUT2D eigenvalue weighted by Crippen LogP contribution is 2.28. The molecule has 1 aromatic carbocycles. The lowest BCUT2D eigenvalue weighted by Crippen LogP contribution is -2.09. The summed E-state index contributed by atoms with van der Waals surface area (Å²) in [7, 11) is 0. The summed E-state index contributed by atoms with van der Waals surface area (Å²) in [6.45, 7) is 4.25. The number of nitrogens with zero attached hydrogens (tertiary/aromatic N) is 2. The van der Waals surface area contributed by atoms with Crippen LogP contribution in [0, 0.1) is 10.1 Å². The number of nitro benzene ring substituents is 1. The van der Waals surface area contributed by atoms with E-state index in [1.807, 2.05) is 12.1 Å². The topological polar surface area (TPSA) is 56.0 Å². The van der Waals surface area contributed by atoms with Crippen molar-refractivity contribution in [3.05, 3.63) is 46.1 Å². The minimum atomic E-state index is -0.387. The second kappa shape index (κ2) is 5.65. The number of nitro groups is 1. The molecule has 100 valence electrons.